The molecular weight excluding hydrogens is 461 g/mol. The number of nitrogens with one attached hydrogen (secondary N) is 2. The van der Waals surface area contributed by atoms with Crippen molar-refractivity contribution in [2.24, 2.45) is 0 Å². The Kier molecular flexibility index (Phi) is 10.5. The molecule has 0 saturated heterocycles. The molecule has 0 aliphatic rings. The summed E-state index contributed by atoms with van der Waals surface area (Å²) >= 11 is 0.175. The van der Waals surface area contributed by atoms with Crippen LogP contribution in [-0.4, -0.2) is 41.0 Å². The largest absolute Gasteiger partial charge is 0.370 e. The summed E-state index contributed by atoms with van der Waals surface area (Å²) in [5, 5.41) is 10.8. The summed E-state index contributed by atoms with van der Waals surface area (Å²) in [6.45, 7) is 3.87. The van der Waals surface area contributed by atoms with Gasteiger partial charge in [-0.15, -0.1) is 0 Å². The Balaban J connectivity index is 0.000000287. The van der Waals surface area contributed by atoms with Gasteiger partial charge in [0.1, 0.15) is 17.0 Å². The van der Waals surface area contributed by atoms with E-state index in [0.29, 0.717) is 10.5 Å². The Bertz CT molecular complexity index is 1240. The number of unbranched alkanes of at least 4 members (excludes halogenated alkanes) is 1. The van der Waals surface area contributed by atoms with Crippen molar-refractivity contribution < 1.29 is 8.68 Å². The average molecular weight is 492 g/mol. The number of aryl methyl sites for hydroxylation is 1. The third-order valence-electron chi connectivity index (χ3n) is 5.27. The number of carbonyl (C=O) groups is 1. The van der Waals surface area contributed by atoms with Crippen LogP contribution in [0.1, 0.15) is 24.0 Å². The molecule has 0 unspecified atom stereocenters. The molecule has 0 saturated carbocycles. The molecule has 2 N–H and O–H groups in total. The monoisotopic (exact) mass is 491 g/mol. The van der Waals surface area contributed by atoms with Crippen LogP contribution in [-0.2, 0) is 4.79 Å². The second-order valence-electron chi connectivity index (χ2n) is 7.81. The van der Waals surface area contributed by atoms with Crippen LogP contribution < -0.4 is 10.6 Å². The van der Waals surface area contributed by atoms with Crippen molar-refractivity contribution in [3.63, 3.8) is 0 Å². The lowest BCUT2D eigenvalue weighted by molar-refractivity contribution is -0.104. The zero-order valence-corrected chi connectivity index (χ0v) is 20.8. The fourth-order valence-corrected chi connectivity index (χ4v) is 3.77. The van der Waals surface area contributed by atoms with Crippen molar-refractivity contribution in [3.05, 3.63) is 84.1 Å². The predicted octanol–water partition coefficient (Wildman–Crippen LogP) is 5.99. The van der Waals surface area contributed by atoms with Gasteiger partial charge in [0.05, 0.1) is 24.0 Å². The number of hydrogen-bond donors (Lipinski definition) is 2. The second-order valence-corrected chi connectivity index (χ2v) is 8.40. The van der Waals surface area contributed by atoms with Crippen molar-refractivity contribution in [3.8, 4) is 11.3 Å². The predicted molar refractivity (Wildman–Crippen MR) is 143 cm³/mol. The van der Waals surface area contributed by atoms with E-state index >= 15 is 0 Å². The van der Waals surface area contributed by atoms with Crippen LogP contribution in [0.5, 0.6) is 0 Å². The highest BCUT2D eigenvalue weighted by molar-refractivity contribution is 7.94. The van der Waals surface area contributed by atoms with Gasteiger partial charge in [-0.2, -0.15) is 13.5 Å². The molecule has 0 amide bonds. The normalized spacial score (nSPS) is 10.8. The highest BCUT2D eigenvalue weighted by atomic mass is 32.2. The average Bonchev–Trinajstić information content (AvgIpc) is 3.32. The smallest absolute Gasteiger partial charge is 0.174 e. The van der Waals surface area contributed by atoms with E-state index in [9.17, 15) is 8.68 Å². The van der Waals surface area contributed by atoms with Crippen LogP contribution in [0.4, 0.5) is 9.70 Å². The van der Waals surface area contributed by atoms with E-state index in [1.54, 1.807) is 10.6 Å². The standard InChI is InChI=1S/C18H22FN5S.C9H8O/c1-13-7-3-4-8-14(13)15-11-17(21-10-6-5-9-20-2)24-18(23-15)16(25-19)12-22-24;10-8-4-7-9-5-2-1-3-6-9/h3-4,7-8,11-12,20-21H,5-6,9-10H2,1-2H3;1-8H/b;7-4+. The zero-order chi connectivity index (χ0) is 24.9. The van der Waals surface area contributed by atoms with E-state index in [2.05, 4.69) is 20.7 Å². The Morgan fingerprint density at radius 2 is 1.80 bits per heavy atom. The number of benzene rings is 2. The Morgan fingerprint density at radius 1 is 1.06 bits per heavy atom. The van der Waals surface area contributed by atoms with Crippen molar-refractivity contribution >= 4 is 36.0 Å². The minimum Gasteiger partial charge on any atom is -0.370 e. The van der Waals surface area contributed by atoms with E-state index in [0.717, 1.165) is 60.4 Å². The minimum absolute atomic E-state index is 0.175. The van der Waals surface area contributed by atoms with Crippen LogP contribution in [0.3, 0.4) is 0 Å². The summed E-state index contributed by atoms with van der Waals surface area (Å²) in [7, 11) is 1.95. The molecule has 8 heteroatoms. The lowest BCUT2D eigenvalue weighted by Crippen LogP contribution is -2.12. The molecule has 4 rings (SSSR count). The number of aromatic nitrogens is 3. The molecule has 0 fully saturated rings. The Labute approximate surface area is 210 Å². The summed E-state index contributed by atoms with van der Waals surface area (Å²) in [5.74, 6) is 0.827. The molecule has 2 aromatic carbocycles. The first-order valence-corrected chi connectivity index (χ1v) is 12.2. The van der Waals surface area contributed by atoms with Crippen LogP contribution in [0.15, 0.2) is 77.8 Å². The number of halogens is 1. The number of rotatable bonds is 10. The fraction of sp³-hybridized carbons (Fsp3) is 0.222. The van der Waals surface area contributed by atoms with E-state index in [1.165, 1.54) is 12.3 Å². The first-order chi connectivity index (χ1) is 17.2. The quantitative estimate of drug-likeness (QED) is 0.161. The molecule has 0 aliphatic carbocycles. The lowest BCUT2D eigenvalue weighted by atomic mass is 10.1. The summed E-state index contributed by atoms with van der Waals surface area (Å²) in [4.78, 5) is 15.0. The molecule has 0 spiro atoms. The van der Waals surface area contributed by atoms with Crippen LogP contribution in [0.25, 0.3) is 23.0 Å². The number of hydrogen-bond acceptors (Lipinski definition) is 6. The molecule has 4 aromatic rings. The number of fused-ring (bicyclic) bond motifs is 1. The molecule has 35 heavy (non-hydrogen) atoms. The Morgan fingerprint density at radius 3 is 2.51 bits per heavy atom. The molecule has 2 heterocycles. The maximum atomic E-state index is 13.2. The third-order valence-corrected chi connectivity index (χ3v) is 5.72. The molecule has 0 atom stereocenters. The van der Waals surface area contributed by atoms with E-state index in [1.807, 2.05) is 74.6 Å². The van der Waals surface area contributed by atoms with Gasteiger partial charge < -0.3 is 10.6 Å². The molecular formula is C27H30FN5OS. The van der Waals surface area contributed by atoms with Crippen molar-refractivity contribution in [2.45, 2.75) is 24.7 Å². The van der Waals surface area contributed by atoms with Crippen molar-refractivity contribution in [1.82, 2.24) is 19.9 Å². The fourth-order valence-electron chi connectivity index (χ4n) is 3.48. The number of nitrogens with zero attached hydrogens (tertiary/aromatic N) is 3. The van der Waals surface area contributed by atoms with Gasteiger partial charge in [-0.05, 0) is 50.6 Å². The highest BCUT2D eigenvalue weighted by Gasteiger charge is 2.14. The third kappa shape index (κ3) is 7.50. The number of allylic oxidation sites excluding steroid dienone is 1. The topological polar surface area (TPSA) is 71.3 Å². The van der Waals surface area contributed by atoms with Gasteiger partial charge in [0.2, 0.25) is 0 Å². The summed E-state index contributed by atoms with van der Waals surface area (Å²) in [6.07, 6.45) is 7.67. The van der Waals surface area contributed by atoms with Crippen LogP contribution in [0.2, 0.25) is 0 Å². The first-order valence-electron chi connectivity index (χ1n) is 11.5. The van der Waals surface area contributed by atoms with Crippen LogP contribution >= 0.6 is 12.1 Å². The van der Waals surface area contributed by atoms with Gasteiger partial charge in [-0.3, -0.25) is 4.79 Å². The van der Waals surface area contributed by atoms with E-state index in [-0.39, 0.29) is 12.1 Å². The highest BCUT2D eigenvalue weighted by Crippen LogP contribution is 2.29. The molecule has 6 nitrogen and oxygen atoms in total. The SMILES string of the molecule is CNCCCCNc1cc(-c2ccccc2C)nc2c(SF)cnn12.O=C/C=C/c1ccccc1. The zero-order valence-electron chi connectivity index (χ0n) is 19.9. The molecule has 182 valence electrons. The molecule has 0 aliphatic heterocycles. The Hall–Kier alpha value is -3.49. The second kappa shape index (κ2) is 14.0. The molecule has 2 aromatic heterocycles. The van der Waals surface area contributed by atoms with Crippen molar-refractivity contribution in [2.75, 3.05) is 25.5 Å². The summed E-state index contributed by atoms with van der Waals surface area (Å²) in [6, 6.07) is 19.7. The maximum Gasteiger partial charge on any atom is 0.174 e. The van der Waals surface area contributed by atoms with Gasteiger partial charge in [0.25, 0.3) is 0 Å². The first kappa shape index (κ1) is 26.1. The van der Waals surface area contributed by atoms with E-state index in [4.69, 9.17) is 0 Å². The van der Waals surface area contributed by atoms with Gasteiger partial charge in [-0.1, -0.05) is 60.7 Å². The number of aldehydes is 1. The summed E-state index contributed by atoms with van der Waals surface area (Å²) in [5.41, 5.74) is 4.58. The van der Waals surface area contributed by atoms with Gasteiger partial charge >= 0.3 is 0 Å². The van der Waals surface area contributed by atoms with Crippen molar-refractivity contribution in [1.29, 1.82) is 0 Å². The van der Waals surface area contributed by atoms with Gasteiger partial charge in [0, 0.05) is 18.2 Å². The molecule has 0 radical (unpaired) electrons. The van der Waals surface area contributed by atoms with E-state index < -0.39 is 0 Å². The summed E-state index contributed by atoms with van der Waals surface area (Å²) < 4.78 is 14.9. The van der Waals surface area contributed by atoms with Crippen LogP contribution in [0, 0.1) is 6.92 Å². The number of carbonyl (C=O) groups excluding carboxylic acids is 1. The molecule has 0 bridgehead atoms. The lowest BCUT2D eigenvalue weighted by Gasteiger charge is -2.12. The number of anilines is 1. The maximum absolute atomic E-state index is 13.2. The van der Waals surface area contributed by atoms with Gasteiger partial charge in [-0.25, -0.2) is 4.98 Å². The van der Waals surface area contributed by atoms with Gasteiger partial charge in [0.15, 0.2) is 5.65 Å². The minimum atomic E-state index is 0.175.